The Morgan fingerprint density at radius 1 is 1.00 bits per heavy atom. The van der Waals surface area contributed by atoms with E-state index in [1.807, 2.05) is 0 Å². The van der Waals surface area contributed by atoms with Gasteiger partial charge in [-0.25, -0.2) is 0 Å². The molecule has 0 aliphatic rings. The van der Waals surface area contributed by atoms with Crippen molar-refractivity contribution < 1.29 is 0 Å². The molecular weight excluding hydrogens is 218 g/mol. The van der Waals surface area contributed by atoms with E-state index in [1.165, 1.54) is 16.3 Å². The lowest BCUT2D eigenvalue weighted by Crippen LogP contribution is -2.43. The van der Waals surface area contributed by atoms with E-state index in [-0.39, 0.29) is 5.54 Å². The van der Waals surface area contributed by atoms with Crippen LogP contribution in [0.1, 0.15) is 32.8 Å². The van der Waals surface area contributed by atoms with Crippen molar-refractivity contribution in [3.63, 3.8) is 0 Å². The summed E-state index contributed by atoms with van der Waals surface area (Å²) in [5.74, 6) is 0. The summed E-state index contributed by atoms with van der Waals surface area (Å²) >= 11 is 0. The van der Waals surface area contributed by atoms with E-state index in [0.717, 1.165) is 19.4 Å². The Kier molecular flexibility index (Phi) is 4.03. The first kappa shape index (κ1) is 13.1. The van der Waals surface area contributed by atoms with Gasteiger partial charge in [-0.2, -0.15) is 0 Å². The summed E-state index contributed by atoms with van der Waals surface area (Å²) in [7, 11) is 0. The second kappa shape index (κ2) is 5.53. The average Bonchev–Trinajstić information content (AvgIpc) is 2.39. The number of benzene rings is 2. The lowest BCUT2D eigenvalue weighted by molar-refractivity contribution is 0.349. The summed E-state index contributed by atoms with van der Waals surface area (Å²) in [6.45, 7) is 7.77. The topological polar surface area (TPSA) is 12.0 Å². The molecule has 0 aromatic heterocycles. The quantitative estimate of drug-likeness (QED) is 0.828. The maximum Gasteiger partial charge on any atom is 0.0190 e. The fourth-order valence-electron chi connectivity index (χ4n) is 2.54. The van der Waals surface area contributed by atoms with E-state index >= 15 is 0 Å². The number of rotatable bonds is 5. The van der Waals surface area contributed by atoms with Crippen LogP contribution in [0.4, 0.5) is 0 Å². The predicted octanol–water partition coefficient (Wildman–Crippen LogP) is 4.16. The molecular formula is C17H23N. The first-order valence-corrected chi connectivity index (χ1v) is 6.89. The Balaban J connectivity index is 2.26. The third-order valence-electron chi connectivity index (χ3n) is 3.79. The molecule has 0 bridgehead atoms. The fraction of sp³-hybridized carbons (Fsp3) is 0.412. The highest BCUT2D eigenvalue weighted by molar-refractivity contribution is 5.83. The van der Waals surface area contributed by atoms with Gasteiger partial charge in [0.25, 0.3) is 0 Å². The lowest BCUT2D eigenvalue weighted by Gasteiger charge is -2.29. The normalized spacial score (nSPS) is 14.6. The van der Waals surface area contributed by atoms with E-state index in [4.69, 9.17) is 0 Å². The number of hydrogen-bond acceptors (Lipinski definition) is 1. The molecule has 0 radical (unpaired) electrons. The summed E-state index contributed by atoms with van der Waals surface area (Å²) in [6, 6.07) is 15.4. The highest BCUT2D eigenvalue weighted by Crippen LogP contribution is 2.21. The Bertz CT molecular complexity index is 518. The van der Waals surface area contributed by atoms with Crippen LogP contribution in [0.5, 0.6) is 0 Å². The molecule has 0 saturated carbocycles. The Hall–Kier alpha value is -1.34. The molecule has 0 fully saturated rings. The minimum Gasteiger partial charge on any atom is -0.311 e. The van der Waals surface area contributed by atoms with E-state index in [2.05, 4.69) is 68.6 Å². The van der Waals surface area contributed by atoms with Gasteiger partial charge >= 0.3 is 0 Å². The molecule has 18 heavy (non-hydrogen) atoms. The van der Waals surface area contributed by atoms with Crippen LogP contribution < -0.4 is 5.32 Å². The second-order valence-corrected chi connectivity index (χ2v) is 5.30. The van der Waals surface area contributed by atoms with E-state index < -0.39 is 0 Å². The van der Waals surface area contributed by atoms with Crippen LogP contribution in [-0.4, -0.2) is 12.1 Å². The van der Waals surface area contributed by atoms with Crippen LogP contribution in [0, 0.1) is 0 Å². The molecule has 1 nitrogen and oxygen atoms in total. The van der Waals surface area contributed by atoms with Gasteiger partial charge in [0.1, 0.15) is 0 Å². The van der Waals surface area contributed by atoms with Crippen LogP contribution >= 0.6 is 0 Å². The number of likely N-dealkylation sites (N-methyl/N-ethyl adjacent to an activating group) is 1. The van der Waals surface area contributed by atoms with Gasteiger partial charge < -0.3 is 5.32 Å². The fourth-order valence-corrected chi connectivity index (χ4v) is 2.54. The van der Waals surface area contributed by atoms with Gasteiger partial charge in [-0.1, -0.05) is 56.3 Å². The minimum atomic E-state index is 0.206. The molecule has 1 unspecified atom stereocenters. The van der Waals surface area contributed by atoms with Crippen molar-refractivity contribution in [2.45, 2.75) is 39.2 Å². The zero-order valence-corrected chi connectivity index (χ0v) is 11.7. The highest BCUT2D eigenvalue weighted by Gasteiger charge is 2.20. The summed E-state index contributed by atoms with van der Waals surface area (Å²) < 4.78 is 0. The van der Waals surface area contributed by atoms with Crippen LogP contribution in [0.25, 0.3) is 10.8 Å². The largest absolute Gasteiger partial charge is 0.311 e. The number of nitrogens with one attached hydrogen (secondary N) is 1. The summed E-state index contributed by atoms with van der Waals surface area (Å²) in [5.41, 5.74) is 1.62. The molecule has 0 spiro atoms. The van der Waals surface area contributed by atoms with Crippen molar-refractivity contribution in [1.82, 2.24) is 5.32 Å². The molecule has 1 heteroatoms. The van der Waals surface area contributed by atoms with Crippen molar-refractivity contribution in [1.29, 1.82) is 0 Å². The molecule has 1 N–H and O–H groups in total. The Morgan fingerprint density at radius 3 is 2.39 bits per heavy atom. The van der Waals surface area contributed by atoms with Crippen molar-refractivity contribution in [3.05, 3.63) is 48.0 Å². The third-order valence-corrected chi connectivity index (χ3v) is 3.79. The molecule has 0 heterocycles. The van der Waals surface area contributed by atoms with E-state index in [1.54, 1.807) is 0 Å². The molecule has 1 atom stereocenters. The smallest absolute Gasteiger partial charge is 0.0190 e. The van der Waals surface area contributed by atoms with Gasteiger partial charge in [0, 0.05) is 5.54 Å². The molecule has 0 amide bonds. The lowest BCUT2D eigenvalue weighted by atomic mass is 9.89. The van der Waals surface area contributed by atoms with Crippen molar-refractivity contribution in [3.8, 4) is 0 Å². The van der Waals surface area contributed by atoms with Gasteiger partial charge in [-0.15, -0.1) is 0 Å². The number of hydrogen-bond donors (Lipinski definition) is 1. The van der Waals surface area contributed by atoms with Gasteiger partial charge in [-0.3, -0.25) is 0 Å². The maximum atomic E-state index is 3.61. The van der Waals surface area contributed by atoms with Gasteiger partial charge in [0.2, 0.25) is 0 Å². The van der Waals surface area contributed by atoms with Crippen LogP contribution in [0.2, 0.25) is 0 Å². The second-order valence-electron chi connectivity index (χ2n) is 5.30. The van der Waals surface area contributed by atoms with Crippen molar-refractivity contribution in [2.24, 2.45) is 0 Å². The van der Waals surface area contributed by atoms with Crippen LogP contribution in [0.3, 0.4) is 0 Å². The molecule has 0 aliphatic heterocycles. The van der Waals surface area contributed by atoms with E-state index in [9.17, 15) is 0 Å². The molecule has 2 aromatic rings. The van der Waals surface area contributed by atoms with Crippen LogP contribution in [-0.2, 0) is 6.42 Å². The summed E-state index contributed by atoms with van der Waals surface area (Å²) in [4.78, 5) is 0. The summed E-state index contributed by atoms with van der Waals surface area (Å²) in [5, 5.41) is 6.27. The SMILES string of the molecule is CCNC(C)(CC)Cc1ccc2ccccc2c1. The standard InChI is InChI=1S/C17H23N/c1-4-17(3,18-5-2)13-14-10-11-15-8-6-7-9-16(15)12-14/h6-12,18H,4-5,13H2,1-3H3. The first-order chi connectivity index (χ1) is 8.67. The molecule has 2 rings (SSSR count). The van der Waals surface area contributed by atoms with Crippen LogP contribution in [0.15, 0.2) is 42.5 Å². The maximum absolute atomic E-state index is 3.61. The zero-order valence-electron chi connectivity index (χ0n) is 11.7. The third kappa shape index (κ3) is 2.91. The average molecular weight is 241 g/mol. The van der Waals surface area contributed by atoms with Gasteiger partial charge in [0.15, 0.2) is 0 Å². The predicted molar refractivity (Wildman–Crippen MR) is 80.0 cm³/mol. The van der Waals surface area contributed by atoms with Crippen molar-refractivity contribution >= 4 is 10.8 Å². The molecule has 0 aliphatic carbocycles. The number of fused-ring (bicyclic) bond motifs is 1. The first-order valence-electron chi connectivity index (χ1n) is 6.89. The minimum absolute atomic E-state index is 0.206. The molecule has 96 valence electrons. The van der Waals surface area contributed by atoms with Crippen molar-refractivity contribution in [2.75, 3.05) is 6.54 Å². The Labute approximate surface area is 110 Å². The molecule has 2 aromatic carbocycles. The monoisotopic (exact) mass is 241 g/mol. The van der Waals surface area contributed by atoms with Gasteiger partial charge in [-0.05, 0) is 42.6 Å². The highest BCUT2D eigenvalue weighted by atomic mass is 14.9. The molecule has 0 saturated heterocycles. The van der Waals surface area contributed by atoms with Gasteiger partial charge in [0.05, 0.1) is 0 Å². The Morgan fingerprint density at radius 2 is 1.72 bits per heavy atom. The van der Waals surface area contributed by atoms with E-state index in [0.29, 0.717) is 0 Å². The zero-order chi connectivity index (χ0) is 13.0. The summed E-state index contributed by atoms with van der Waals surface area (Å²) in [6.07, 6.45) is 2.23.